The number of fused-ring (bicyclic) bond motifs is 1. The Kier molecular flexibility index (Phi) is 7.41. The normalized spacial score (nSPS) is 20.4. The van der Waals surface area contributed by atoms with Crippen molar-refractivity contribution in [2.75, 3.05) is 36.5 Å². The third-order valence-corrected chi connectivity index (χ3v) is 6.54. The fourth-order valence-electron chi connectivity index (χ4n) is 4.73. The van der Waals surface area contributed by atoms with Crippen molar-refractivity contribution >= 4 is 28.4 Å². The minimum atomic E-state index is -0.192. The van der Waals surface area contributed by atoms with Crippen LogP contribution in [0, 0.1) is 0 Å². The predicted octanol–water partition coefficient (Wildman–Crippen LogP) is 3.20. The lowest BCUT2D eigenvalue weighted by molar-refractivity contribution is 0.0938. The second kappa shape index (κ2) is 11.0. The van der Waals surface area contributed by atoms with E-state index in [2.05, 4.69) is 47.6 Å². The van der Waals surface area contributed by atoms with Crippen molar-refractivity contribution in [2.24, 2.45) is 0 Å². The number of hydrogen-bond donors (Lipinski definition) is 2. The Morgan fingerprint density at radius 2 is 1.81 bits per heavy atom. The Labute approximate surface area is 210 Å². The number of ether oxygens (including phenoxy) is 2. The van der Waals surface area contributed by atoms with E-state index in [-0.39, 0.29) is 24.1 Å². The fourth-order valence-corrected chi connectivity index (χ4v) is 4.73. The van der Waals surface area contributed by atoms with Crippen LogP contribution in [0.2, 0.25) is 0 Å². The van der Waals surface area contributed by atoms with Gasteiger partial charge in [-0.15, -0.1) is 0 Å². The van der Waals surface area contributed by atoms with E-state index < -0.39 is 0 Å². The third kappa shape index (κ3) is 5.81. The number of morpholine rings is 1. The molecule has 10 nitrogen and oxygen atoms in total. The van der Waals surface area contributed by atoms with Crippen LogP contribution in [0.5, 0.6) is 5.75 Å². The number of carbonyl (C=O) groups is 1. The zero-order valence-corrected chi connectivity index (χ0v) is 20.8. The first kappa shape index (κ1) is 24.2. The van der Waals surface area contributed by atoms with Crippen LogP contribution in [0.25, 0.3) is 11.0 Å². The van der Waals surface area contributed by atoms with Gasteiger partial charge in [0.05, 0.1) is 24.8 Å². The molecule has 1 saturated carbocycles. The molecule has 1 aliphatic carbocycles. The number of carbonyl (C=O) groups excluding carboxylic acids is 1. The van der Waals surface area contributed by atoms with Gasteiger partial charge < -0.3 is 25.0 Å². The summed E-state index contributed by atoms with van der Waals surface area (Å²) in [4.78, 5) is 32.1. The summed E-state index contributed by atoms with van der Waals surface area (Å²) in [5, 5.41) is 6.33. The summed E-state index contributed by atoms with van der Waals surface area (Å²) in [5.74, 6) is 1.26. The van der Waals surface area contributed by atoms with Gasteiger partial charge in [-0.1, -0.05) is 0 Å². The minimum Gasteiger partial charge on any atom is -0.488 e. The molecule has 2 aliphatic rings. The summed E-state index contributed by atoms with van der Waals surface area (Å²) in [7, 11) is 0. The van der Waals surface area contributed by atoms with Crippen LogP contribution in [-0.2, 0) is 4.74 Å². The van der Waals surface area contributed by atoms with Crippen molar-refractivity contribution in [1.82, 2.24) is 25.3 Å². The fraction of sp³-hybridized carbons (Fsp3) is 0.500. The largest absolute Gasteiger partial charge is 0.488 e. The highest BCUT2D eigenvalue weighted by atomic mass is 16.5. The Hall–Kier alpha value is -3.53. The number of nitrogens with zero attached hydrogens (tertiary/aromatic N) is 5. The molecule has 0 spiro atoms. The van der Waals surface area contributed by atoms with Gasteiger partial charge in [0.25, 0.3) is 5.91 Å². The molecule has 1 aromatic carbocycles. The SMILES string of the molecule is CC(C)NC(=O)c1cc(NC2CCC(Oc3cc(N4CCOCC4)cc4nccnc34)CC2)ncn1. The van der Waals surface area contributed by atoms with Gasteiger partial charge in [-0.2, -0.15) is 0 Å². The van der Waals surface area contributed by atoms with Crippen LogP contribution in [0.15, 0.2) is 36.9 Å². The average molecular weight is 492 g/mol. The lowest BCUT2D eigenvalue weighted by atomic mass is 9.93. The molecular weight excluding hydrogens is 458 g/mol. The van der Waals surface area contributed by atoms with Gasteiger partial charge in [0.2, 0.25) is 0 Å². The lowest BCUT2D eigenvalue weighted by Crippen LogP contribution is -2.36. The van der Waals surface area contributed by atoms with Crippen LogP contribution < -0.4 is 20.3 Å². The molecular formula is C26H33N7O3. The molecule has 190 valence electrons. The molecule has 1 amide bonds. The molecule has 5 rings (SSSR count). The van der Waals surface area contributed by atoms with Crippen molar-refractivity contribution in [2.45, 2.75) is 57.7 Å². The van der Waals surface area contributed by atoms with Gasteiger partial charge in [0, 0.05) is 55.4 Å². The lowest BCUT2D eigenvalue weighted by Gasteiger charge is -2.31. The maximum atomic E-state index is 12.3. The van der Waals surface area contributed by atoms with E-state index in [1.54, 1.807) is 18.5 Å². The highest BCUT2D eigenvalue weighted by molar-refractivity contribution is 5.93. The first-order valence-electron chi connectivity index (χ1n) is 12.7. The number of anilines is 2. The molecule has 10 heteroatoms. The van der Waals surface area contributed by atoms with Crippen molar-refractivity contribution < 1.29 is 14.3 Å². The molecule has 2 fully saturated rings. The summed E-state index contributed by atoms with van der Waals surface area (Å²) in [6, 6.07) is 6.20. The number of aromatic nitrogens is 4. The van der Waals surface area contributed by atoms with Gasteiger partial charge in [-0.3, -0.25) is 9.78 Å². The first-order chi connectivity index (χ1) is 17.5. The zero-order valence-electron chi connectivity index (χ0n) is 20.8. The zero-order chi connectivity index (χ0) is 24.9. The van der Waals surface area contributed by atoms with Crippen LogP contribution in [0.4, 0.5) is 11.5 Å². The van der Waals surface area contributed by atoms with E-state index in [1.165, 1.54) is 6.33 Å². The summed E-state index contributed by atoms with van der Waals surface area (Å²) in [6.07, 6.45) is 8.66. The minimum absolute atomic E-state index is 0.0526. The van der Waals surface area contributed by atoms with Gasteiger partial charge in [0.1, 0.15) is 29.1 Å². The third-order valence-electron chi connectivity index (χ3n) is 6.54. The topological polar surface area (TPSA) is 114 Å². The second-order valence-electron chi connectivity index (χ2n) is 9.62. The van der Waals surface area contributed by atoms with Gasteiger partial charge >= 0.3 is 0 Å². The van der Waals surface area contributed by atoms with E-state index in [4.69, 9.17) is 9.47 Å². The van der Waals surface area contributed by atoms with Gasteiger partial charge in [0.15, 0.2) is 0 Å². The summed E-state index contributed by atoms with van der Waals surface area (Å²) >= 11 is 0. The molecule has 1 aliphatic heterocycles. The molecule has 1 saturated heterocycles. The number of rotatable bonds is 7. The van der Waals surface area contributed by atoms with E-state index >= 15 is 0 Å². The Morgan fingerprint density at radius 1 is 1.03 bits per heavy atom. The quantitative estimate of drug-likeness (QED) is 0.514. The van der Waals surface area contributed by atoms with Crippen LogP contribution in [-0.4, -0.2) is 70.3 Å². The average Bonchev–Trinajstić information content (AvgIpc) is 2.90. The van der Waals surface area contributed by atoms with Crippen molar-refractivity contribution in [1.29, 1.82) is 0 Å². The van der Waals surface area contributed by atoms with E-state index in [0.717, 1.165) is 74.5 Å². The van der Waals surface area contributed by atoms with Crippen molar-refractivity contribution in [3.63, 3.8) is 0 Å². The Balaban J connectivity index is 1.22. The molecule has 2 N–H and O–H groups in total. The Morgan fingerprint density at radius 3 is 2.58 bits per heavy atom. The maximum absolute atomic E-state index is 12.3. The first-order valence-corrected chi connectivity index (χ1v) is 12.7. The summed E-state index contributed by atoms with van der Waals surface area (Å²) < 4.78 is 12.0. The van der Waals surface area contributed by atoms with Gasteiger partial charge in [-0.25, -0.2) is 15.0 Å². The molecule has 3 aromatic rings. The van der Waals surface area contributed by atoms with Crippen molar-refractivity contribution in [3.8, 4) is 5.75 Å². The monoisotopic (exact) mass is 491 g/mol. The summed E-state index contributed by atoms with van der Waals surface area (Å²) in [5.41, 5.74) is 3.10. The maximum Gasteiger partial charge on any atom is 0.270 e. The highest BCUT2D eigenvalue weighted by Crippen LogP contribution is 2.33. The van der Waals surface area contributed by atoms with Crippen LogP contribution in [0.3, 0.4) is 0 Å². The molecule has 2 aromatic heterocycles. The highest BCUT2D eigenvalue weighted by Gasteiger charge is 2.25. The van der Waals surface area contributed by atoms with Crippen molar-refractivity contribution in [3.05, 3.63) is 42.6 Å². The standard InChI is InChI=1S/C26H33N7O3/c1-17(2)31-26(34)22-15-24(30-16-29-22)32-18-3-5-20(6-4-18)36-23-14-19(33-9-11-35-12-10-33)13-21-25(23)28-8-7-27-21/h7-8,13-18,20H,3-6,9-12H2,1-2H3,(H,31,34)(H,29,30,32). The number of nitrogens with one attached hydrogen (secondary N) is 2. The molecule has 36 heavy (non-hydrogen) atoms. The molecule has 0 unspecified atom stereocenters. The molecule has 3 heterocycles. The number of amides is 1. The molecule has 0 bridgehead atoms. The van der Waals surface area contributed by atoms with E-state index in [0.29, 0.717) is 11.5 Å². The molecule has 0 atom stereocenters. The number of hydrogen-bond acceptors (Lipinski definition) is 9. The number of benzene rings is 1. The smallest absolute Gasteiger partial charge is 0.270 e. The van der Waals surface area contributed by atoms with E-state index in [9.17, 15) is 4.79 Å². The molecule has 0 radical (unpaired) electrons. The summed E-state index contributed by atoms with van der Waals surface area (Å²) in [6.45, 7) is 7.00. The Bertz CT molecular complexity index is 1190. The van der Waals surface area contributed by atoms with Gasteiger partial charge in [-0.05, 0) is 45.6 Å². The van der Waals surface area contributed by atoms with E-state index in [1.807, 2.05) is 13.8 Å². The predicted molar refractivity (Wildman–Crippen MR) is 137 cm³/mol. The second-order valence-corrected chi connectivity index (χ2v) is 9.62. The van der Waals surface area contributed by atoms with Crippen LogP contribution >= 0.6 is 0 Å². The van der Waals surface area contributed by atoms with Crippen LogP contribution in [0.1, 0.15) is 50.0 Å².